The number of nitrogens with one attached hydrogen (secondary N) is 1. The van der Waals surface area contributed by atoms with Crippen LogP contribution in [-0.4, -0.2) is 22.3 Å². The van der Waals surface area contributed by atoms with E-state index in [2.05, 4.69) is 33.0 Å². The lowest BCUT2D eigenvalue weighted by molar-refractivity contribution is 0.0730. The number of benzene rings is 1. The molecule has 3 nitrogen and oxygen atoms in total. The van der Waals surface area contributed by atoms with E-state index in [4.69, 9.17) is 0 Å². The molecule has 1 N–H and O–H groups in total. The Balaban J connectivity index is 1.86. The molecule has 0 radical (unpaired) electrons. The predicted molar refractivity (Wildman–Crippen MR) is 77.9 cm³/mol. The first-order valence-electron chi connectivity index (χ1n) is 6.45. The Morgan fingerprint density at radius 1 is 1.32 bits per heavy atom. The second-order valence-electron chi connectivity index (χ2n) is 4.80. The molecule has 98 valence electrons. The maximum absolute atomic E-state index is 12.5. The number of amides is 1. The van der Waals surface area contributed by atoms with E-state index in [9.17, 15) is 4.79 Å². The molecule has 0 spiro atoms. The van der Waals surface area contributed by atoms with Crippen LogP contribution in [0.1, 0.15) is 34.9 Å². The van der Waals surface area contributed by atoms with E-state index in [1.165, 1.54) is 5.56 Å². The van der Waals surface area contributed by atoms with Gasteiger partial charge in [-0.2, -0.15) is 0 Å². The monoisotopic (exact) mass is 318 g/mol. The highest BCUT2D eigenvalue weighted by molar-refractivity contribution is 9.10. The largest absolute Gasteiger partial charge is 0.356 e. The summed E-state index contributed by atoms with van der Waals surface area (Å²) in [6.07, 6.45) is 3.89. The van der Waals surface area contributed by atoms with Crippen LogP contribution in [0.4, 0.5) is 0 Å². The average molecular weight is 319 g/mol. The molecular formula is C15H15BrN2O. The van der Waals surface area contributed by atoms with Crippen LogP contribution < -0.4 is 0 Å². The lowest BCUT2D eigenvalue weighted by Crippen LogP contribution is -2.30. The van der Waals surface area contributed by atoms with Crippen LogP contribution >= 0.6 is 15.9 Å². The maximum atomic E-state index is 12.5. The third-order valence-corrected chi connectivity index (χ3v) is 4.03. The number of aromatic amines is 1. The Labute approximate surface area is 120 Å². The number of likely N-dealkylation sites (tertiary alicyclic amines) is 1. The van der Waals surface area contributed by atoms with E-state index in [-0.39, 0.29) is 11.9 Å². The molecule has 0 unspecified atom stereocenters. The van der Waals surface area contributed by atoms with Gasteiger partial charge in [-0.05, 0) is 40.4 Å². The molecule has 19 heavy (non-hydrogen) atoms. The second kappa shape index (κ2) is 5.21. The fourth-order valence-electron chi connectivity index (χ4n) is 2.68. The first-order valence-corrected chi connectivity index (χ1v) is 7.25. The minimum atomic E-state index is 0.0806. The van der Waals surface area contributed by atoms with Crippen LogP contribution in [0, 0.1) is 0 Å². The molecule has 0 bridgehead atoms. The molecule has 0 aliphatic carbocycles. The third kappa shape index (κ3) is 2.45. The van der Waals surface area contributed by atoms with Crippen LogP contribution in [0.2, 0.25) is 0 Å². The van der Waals surface area contributed by atoms with Gasteiger partial charge in [0.1, 0.15) is 5.69 Å². The molecule has 1 atom stereocenters. The molecule has 1 aromatic carbocycles. The highest BCUT2D eigenvalue weighted by atomic mass is 79.9. The van der Waals surface area contributed by atoms with Gasteiger partial charge in [0.25, 0.3) is 5.91 Å². The molecule has 1 aliphatic rings. The molecule has 1 aliphatic heterocycles. The van der Waals surface area contributed by atoms with Crippen molar-refractivity contribution in [2.75, 3.05) is 6.54 Å². The van der Waals surface area contributed by atoms with Gasteiger partial charge in [0.15, 0.2) is 0 Å². The van der Waals surface area contributed by atoms with Gasteiger partial charge in [0.05, 0.1) is 6.04 Å². The van der Waals surface area contributed by atoms with Gasteiger partial charge in [-0.15, -0.1) is 0 Å². The van der Waals surface area contributed by atoms with E-state index >= 15 is 0 Å². The number of aromatic nitrogens is 1. The van der Waals surface area contributed by atoms with Crippen LogP contribution in [-0.2, 0) is 0 Å². The molecule has 4 heteroatoms. The van der Waals surface area contributed by atoms with Gasteiger partial charge in [0.2, 0.25) is 0 Å². The van der Waals surface area contributed by atoms with Gasteiger partial charge in [0, 0.05) is 17.2 Å². The standard InChI is InChI=1S/C15H15BrN2O/c16-12-9-13(17-10-12)15(19)18-8-4-7-14(18)11-5-2-1-3-6-11/h1-3,5-6,9-10,14,17H,4,7-8H2/t14-/m1/s1. The summed E-state index contributed by atoms with van der Waals surface area (Å²) < 4.78 is 0.909. The van der Waals surface area contributed by atoms with Gasteiger partial charge in [-0.3, -0.25) is 4.79 Å². The van der Waals surface area contributed by atoms with Crippen molar-refractivity contribution in [1.82, 2.24) is 9.88 Å². The van der Waals surface area contributed by atoms with E-state index in [0.717, 1.165) is 23.9 Å². The van der Waals surface area contributed by atoms with Crippen molar-refractivity contribution in [3.63, 3.8) is 0 Å². The smallest absolute Gasteiger partial charge is 0.270 e. The van der Waals surface area contributed by atoms with Gasteiger partial charge in [-0.1, -0.05) is 30.3 Å². The third-order valence-electron chi connectivity index (χ3n) is 3.58. The predicted octanol–water partition coefficient (Wildman–Crippen LogP) is 3.75. The Hall–Kier alpha value is -1.55. The summed E-state index contributed by atoms with van der Waals surface area (Å²) in [5.41, 5.74) is 1.87. The molecule has 1 saturated heterocycles. The summed E-state index contributed by atoms with van der Waals surface area (Å²) in [6.45, 7) is 0.828. The summed E-state index contributed by atoms with van der Waals surface area (Å²) in [6, 6.07) is 12.3. The van der Waals surface area contributed by atoms with Gasteiger partial charge >= 0.3 is 0 Å². The molecule has 3 rings (SSSR count). The number of hydrogen-bond acceptors (Lipinski definition) is 1. The average Bonchev–Trinajstić information content (AvgIpc) is 3.07. The Morgan fingerprint density at radius 3 is 2.79 bits per heavy atom. The molecule has 1 fully saturated rings. The minimum absolute atomic E-state index is 0.0806. The lowest BCUT2D eigenvalue weighted by atomic mass is 10.0. The summed E-state index contributed by atoms with van der Waals surface area (Å²) in [5.74, 6) is 0.0806. The zero-order valence-electron chi connectivity index (χ0n) is 10.5. The fraction of sp³-hybridized carbons (Fsp3) is 0.267. The SMILES string of the molecule is O=C(c1cc(Br)c[nH]1)N1CCC[C@@H]1c1ccccc1. The number of carbonyl (C=O) groups excluding carboxylic acids is 1. The van der Waals surface area contributed by atoms with Crippen molar-refractivity contribution in [2.24, 2.45) is 0 Å². The van der Waals surface area contributed by atoms with Crippen molar-refractivity contribution >= 4 is 21.8 Å². The van der Waals surface area contributed by atoms with Crippen molar-refractivity contribution in [1.29, 1.82) is 0 Å². The molecule has 1 amide bonds. The normalized spacial score (nSPS) is 18.8. The number of halogens is 1. The molecular weight excluding hydrogens is 304 g/mol. The van der Waals surface area contributed by atoms with Crippen LogP contribution in [0.5, 0.6) is 0 Å². The first-order chi connectivity index (χ1) is 9.25. The lowest BCUT2D eigenvalue weighted by Gasteiger charge is -2.24. The van der Waals surface area contributed by atoms with Crippen LogP contribution in [0.25, 0.3) is 0 Å². The second-order valence-corrected chi connectivity index (χ2v) is 5.71. The summed E-state index contributed by atoms with van der Waals surface area (Å²) in [5, 5.41) is 0. The van der Waals surface area contributed by atoms with E-state index in [1.54, 1.807) is 6.20 Å². The number of H-pyrrole nitrogens is 1. The first kappa shape index (κ1) is 12.5. The van der Waals surface area contributed by atoms with Crippen molar-refractivity contribution in [2.45, 2.75) is 18.9 Å². The number of nitrogens with zero attached hydrogens (tertiary/aromatic N) is 1. The molecule has 0 saturated carbocycles. The Morgan fingerprint density at radius 2 is 2.11 bits per heavy atom. The number of carbonyl (C=O) groups is 1. The number of rotatable bonds is 2. The van der Waals surface area contributed by atoms with E-state index < -0.39 is 0 Å². The van der Waals surface area contributed by atoms with Gasteiger partial charge in [-0.25, -0.2) is 0 Å². The van der Waals surface area contributed by atoms with Crippen LogP contribution in [0.15, 0.2) is 47.1 Å². The van der Waals surface area contributed by atoms with Crippen molar-refractivity contribution in [3.8, 4) is 0 Å². The molecule has 2 heterocycles. The quantitative estimate of drug-likeness (QED) is 0.899. The number of hydrogen-bond donors (Lipinski definition) is 1. The maximum Gasteiger partial charge on any atom is 0.270 e. The zero-order valence-corrected chi connectivity index (χ0v) is 12.1. The van der Waals surface area contributed by atoms with Crippen LogP contribution in [0.3, 0.4) is 0 Å². The summed E-state index contributed by atoms with van der Waals surface area (Å²) >= 11 is 3.37. The zero-order chi connectivity index (χ0) is 13.2. The fourth-order valence-corrected chi connectivity index (χ4v) is 3.02. The van der Waals surface area contributed by atoms with Crippen molar-refractivity contribution < 1.29 is 4.79 Å². The van der Waals surface area contributed by atoms with Crippen molar-refractivity contribution in [3.05, 3.63) is 58.3 Å². The van der Waals surface area contributed by atoms with E-state index in [0.29, 0.717) is 5.69 Å². The summed E-state index contributed by atoms with van der Waals surface area (Å²) in [7, 11) is 0. The summed E-state index contributed by atoms with van der Waals surface area (Å²) in [4.78, 5) is 17.5. The Kier molecular flexibility index (Phi) is 3.42. The molecule has 2 aromatic rings. The molecule has 1 aromatic heterocycles. The highest BCUT2D eigenvalue weighted by Crippen LogP contribution is 2.33. The topological polar surface area (TPSA) is 36.1 Å². The van der Waals surface area contributed by atoms with Gasteiger partial charge < -0.3 is 9.88 Å². The minimum Gasteiger partial charge on any atom is -0.356 e. The van der Waals surface area contributed by atoms with E-state index in [1.807, 2.05) is 29.2 Å². The Bertz CT molecular complexity index is 579. The highest BCUT2D eigenvalue weighted by Gasteiger charge is 2.30.